The van der Waals surface area contributed by atoms with Gasteiger partial charge in [-0.05, 0) is 57.6 Å². The monoisotopic (exact) mass is 422 g/mol. The summed E-state index contributed by atoms with van der Waals surface area (Å²) < 4.78 is 0. The zero-order valence-electron chi connectivity index (χ0n) is 13.1. The van der Waals surface area contributed by atoms with E-state index in [2.05, 4.69) is 53.6 Å². The fourth-order valence-corrected chi connectivity index (χ4v) is 3.90. The van der Waals surface area contributed by atoms with Crippen molar-refractivity contribution in [2.75, 3.05) is 20.1 Å². The Morgan fingerprint density at radius 2 is 2.33 bits per heavy atom. The van der Waals surface area contributed by atoms with Crippen molar-refractivity contribution < 1.29 is 0 Å². The lowest BCUT2D eigenvalue weighted by atomic mass is 9.88. The summed E-state index contributed by atoms with van der Waals surface area (Å²) in [6.07, 6.45) is 2.47. The third-order valence-electron chi connectivity index (χ3n) is 3.77. The molecule has 0 radical (unpaired) electrons. The van der Waals surface area contributed by atoms with Crippen molar-refractivity contribution in [1.82, 2.24) is 10.2 Å². The maximum atomic E-state index is 5.92. The summed E-state index contributed by atoms with van der Waals surface area (Å²) in [6, 6.07) is 5.20. The molecule has 0 saturated carbocycles. The number of halogens is 1. The second-order valence-corrected chi connectivity index (χ2v) is 6.85. The van der Waals surface area contributed by atoms with E-state index in [0.29, 0.717) is 24.0 Å². The molecular formula is C15H27IN4S. The van der Waals surface area contributed by atoms with Crippen molar-refractivity contribution in [3.8, 4) is 0 Å². The molecule has 2 atom stereocenters. The van der Waals surface area contributed by atoms with Gasteiger partial charge in [0.2, 0.25) is 0 Å². The minimum absolute atomic E-state index is 0. The number of aliphatic imine (C=N–C) groups is 1. The quantitative estimate of drug-likeness (QED) is 0.446. The first-order valence-corrected chi connectivity index (χ1v) is 8.26. The smallest absolute Gasteiger partial charge is 0.188 e. The molecule has 1 aromatic heterocycles. The summed E-state index contributed by atoms with van der Waals surface area (Å²) in [5.41, 5.74) is 5.92. The molecule has 3 N–H and O–H groups in total. The standard InChI is InChI=1S/C15H26N4S.HI/c1-11(2)18-15(16)17-10-12-6-4-8-19(3)14(12)13-7-5-9-20-13;/h5,7,9,11-12,14H,4,6,8,10H2,1-3H3,(H3,16,17,18);1H. The van der Waals surface area contributed by atoms with Crippen molar-refractivity contribution in [2.24, 2.45) is 16.6 Å². The lowest BCUT2D eigenvalue weighted by Crippen LogP contribution is -2.39. The molecule has 1 saturated heterocycles. The number of guanidine groups is 1. The summed E-state index contributed by atoms with van der Waals surface area (Å²) in [5, 5.41) is 5.32. The van der Waals surface area contributed by atoms with Crippen molar-refractivity contribution in [3.63, 3.8) is 0 Å². The van der Waals surface area contributed by atoms with Crippen molar-refractivity contribution in [2.45, 2.75) is 38.8 Å². The molecule has 6 heteroatoms. The van der Waals surface area contributed by atoms with Gasteiger partial charge in [-0.15, -0.1) is 35.3 Å². The van der Waals surface area contributed by atoms with E-state index < -0.39 is 0 Å². The second-order valence-electron chi connectivity index (χ2n) is 5.87. The number of piperidine rings is 1. The average Bonchev–Trinajstić information content (AvgIpc) is 2.89. The van der Waals surface area contributed by atoms with Crippen LogP contribution in [0.15, 0.2) is 22.5 Å². The molecule has 1 aliphatic rings. The summed E-state index contributed by atoms with van der Waals surface area (Å²) >= 11 is 1.84. The fraction of sp³-hybridized carbons (Fsp3) is 0.667. The first kappa shape index (κ1) is 18.7. The van der Waals surface area contributed by atoms with Crippen molar-refractivity contribution in [1.29, 1.82) is 0 Å². The Labute approximate surface area is 149 Å². The number of likely N-dealkylation sites (tertiary alicyclic amines) is 1. The summed E-state index contributed by atoms with van der Waals surface area (Å²) in [4.78, 5) is 8.45. The summed E-state index contributed by atoms with van der Waals surface area (Å²) in [7, 11) is 2.22. The number of nitrogens with two attached hydrogens (primary N) is 1. The van der Waals surface area contributed by atoms with Crippen molar-refractivity contribution >= 4 is 41.3 Å². The third kappa shape index (κ3) is 5.41. The van der Waals surface area contributed by atoms with E-state index in [9.17, 15) is 0 Å². The van der Waals surface area contributed by atoms with Crippen LogP contribution in [0.4, 0.5) is 0 Å². The van der Waals surface area contributed by atoms with Crippen LogP contribution in [0.2, 0.25) is 0 Å². The topological polar surface area (TPSA) is 53.6 Å². The molecule has 1 aromatic rings. The number of hydrogen-bond donors (Lipinski definition) is 2. The van der Waals surface area contributed by atoms with Crippen LogP contribution >= 0.6 is 35.3 Å². The summed E-state index contributed by atoms with van der Waals surface area (Å²) in [6.45, 7) is 6.12. The molecule has 1 aliphatic heterocycles. The van der Waals surface area contributed by atoms with Gasteiger partial charge in [0.05, 0.1) is 0 Å². The highest BCUT2D eigenvalue weighted by molar-refractivity contribution is 14.0. The van der Waals surface area contributed by atoms with Crippen molar-refractivity contribution in [3.05, 3.63) is 22.4 Å². The van der Waals surface area contributed by atoms with Gasteiger partial charge in [0.25, 0.3) is 0 Å². The molecule has 2 rings (SSSR count). The number of nitrogens with one attached hydrogen (secondary N) is 1. The SMILES string of the molecule is CC(C)NC(N)=NCC1CCCN(C)C1c1cccs1.I. The van der Waals surface area contributed by atoms with Crippen LogP contribution in [0, 0.1) is 5.92 Å². The van der Waals surface area contributed by atoms with Gasteiger partial charge in [-0.3, -0.25) is 9.89 Å². The number of hydrogen-bond acceptors (Lipinski definition) is 3. The lowest BCUT2D eigenvalue weighted by Gasteiger charge is -2.38. The maximum absolute atomic E-state index is 5.92. The van der Waals surface area contributed by atoms with Crippen LogP contribution in [0.25, 0.3) is 0 Å². The van der Waals surface area contributed by atoms with E-state index in [1.54, 1.807) is 0 Å². The van der Waals surface area contributed by atoms with Crippen LogP contribution in [-0.4, -0.2) is 37.0 Å². The van der Waals surface area contributed by atoms with Gasteiger partial charge >= 0.3 is 0 Å². The zero-order valence-corrected chi connectivity index (χ0v) is 16.2. The molecule has 0 bridgehead atoms. The second kappa shape index (κ2) is 8.95. The molecule has 0 aromatic carbocycles. The molecule has 21 heavy (non-hydrogen) atoms. The highest BCUT2D eigenvalue weighted by Gasteiger charge is 2.30. The largest absolute Gasteiger partial charge is 0.370 e. The minimum atomic E-state index is 0. The first-order valence-electron chi connectivity index (χ1n) is 7.38. The van der Waals surface area contributed by atoms with Crippen LogP contribution in [-0.2, 0) is 0 Å². The van der Waals surface area contributed by atoms with Gasteiger partial charge in [0.1, 0.15) is 0 Å². The van der Waals surface area contributed by atoms with Gasteiger partial charge in [-0.1, -0.05) is 6.07 Å². The van der Waals surface area contributed by atoms with Crippen LogP contribution < -0.4 is 11.1 Å². The predicted molar refractivity (Wildman–Crippen MR) is 103 cm³/mol. The van der Waals surface area contributed by atoms with Gasteiger partial charge in [-0.2, -0.15) is 0 Å². The van der Waals surface area contributed by atoms with E-state index in [1.165, 1.54) is 24.3 Å². The minimum Gasteiger partial charge on any atom is -0.370 e. The highest BCUT2D eigenvalue weighted by atomic mass is 127. The van der Waals surface area contributed by atoms with E-state index in [1.807, 2.05) is 11.3 Å². The Morgan fingerprint density at radius 1 is 1.57 bits per heavy atom. The number of thiophene rings is 1. The molecule has 120 valence electrons. The van der Waals surface area contributed by atoms with E-state index in [4.69, 9.17) is 5.73 Å². The fourth-order valence-electron chi connectivity index (χ4n) is 2.92. The molecule has 1 fully saturated rings. The van der Waals surface area contributed by atoms with E-state index in [0.717, 1.165) is 6.54 Å². The zero-order chi connectivity index (χ0) is 14.5. The van der Waals surface area contributed by atoms with Gasteiger partial charge in [0, 0.05) is 23.5 Å². The lowest BCUT2D eigenvalue weighted by molar-refractivity contribution is 0.128. The molecule has 0 spiro atoms. The molecular weight excluding hydrogens is 395 g/mol. The number of rotatable bonds is 4. The number of nitrogens with zero attached hydrogens (tertiary/aromatic N) is 2. The Bertz CT molecular complexity index is 433. The van der Waals surface area contributed by atoms with Crippen LogP contribution in [0.5, 0.6) is 0 Å². The Kier molecular flexibility index (Phi) is 7.97. The Hall–Kier alpha value is -0.340. The van der Waals surface area contributed by atoms with Gasteiger partial charge < -0.3 is 11.1 Å². The van der Waals surface area contributed by atoms with Crippen LogP contribution in [0.3, 0.4) is 0 Å². The van der Waals surface area contributed by atoms with Gasteiger partial charge in [0.15, 0.2) is 5.96 Å². The average molecular weight is 422 g/mol. The van der Waals surface area contributed by atoms with Crippen LogP contribution in [0.1, 0.15) is 37.6 Å². The first-order chi connectivity index (χ1) is 9.58. The molecule has 4 nitrogen and oxygen atoms in total. The molecule has 2 unspecified atom stereocenters. The van der Waals surface area contributed by atoms with E-state index >= 15 is 0 Å². The molecule has 0 amide bonds. The Balaban J connectivity index is 0.00000220. The molecule has 2 heterocycles. The maximum Gasteiger partial charge on any atom is 0.188 e. The third-order valence-corrected chi connectivity index (χ3v) is 4.72. The normalized spacial score (nSPS) is 23.9. The highest BCUT2D eigenvalue weighted by Crippen LogP contribution is 2.37. The molecule has 0 aliphatic carbocycles. The Morgan fingerprint density at radius 3 is 2.95 bits per heavy atom. The summed E-state index contributed by atoms with van der Waals surface area (Å²) in [5.74, 6) is 1.12. The van der Waals surface area contributed by atoms with Gasteiger partial charge in [-0.25, -0.2) is 0 Å². The van der Waals surface area contributed by atoms with E-state index in [-0.39, 0.29) is 24.0 Å². The predicted octanol–water partition coefficient (Wildman–Crippen LogP) is 3.06.